The molecule has 0 saturated heterocycles. The van der Waals surface area contributed by atoms with Crippen molar-refractivity contribution in [3.8, 4) is 23.0 Å². The summed E-state index contributed by atoms with van der Waals surface area (Å²) in [6.07, 6.45) is 0. The third-order valence-electron chi connectivity index (χ3n) is 3.48. The fourth-order valence-corrected chi connectivity index (χ4v) is 2.51. The Morgan fingerprint density at radius 3 is 2.71 bits per heavy atom. The zero-order chi connectivity index (χ0) is 17.1. The van der Waals surface area contributed by atoms with Crippen molar-refractivity contribution in [2.45, 2.75) is 13.8 Å². The number of hydrogen-bond donors (Lipinski definition) is 1. The van der Waals surface area contributed by atoms with Crippen molar-refractivity contribution >= 4 is 11.6 Å². The van der Waals surface area contributed by atoms with Crippen LogP contribution in [-0.2, 0) is 4.79 Å². The van der Waals surface area contributed by atoms with Crippen molar-refractivity contribution in [2.24, 2.45) is 0 Å². The highest BCUT2D eigenvalue weighted by Crippen LogP contribution is 2.26. The number of aromatic nitrogens is 3. The number of amides is 1. The highest BCUT2D eigenvalue weighted by Gasteiger charge is 2.16. The topological polar surface area (TPSA) is 83.6 Å². The molecule has 6 heteroatoms. The standard InChI is InChI=1S/C18H15N5O/c1-12-5-3-6-14(9-12)18-17(11-19)21-22-23(18)16-8-4-7-15(10-16)20-13(2)24/h3-10H,1-2H3,(H,20,24). The minimum absolute atomic E-state index is 0.151. The molecule has 0 aliphatic carbocycles. The first-order valence-electron chi connectivity index (χ1n) is 7.39. The molecule has 3 rings (SSSR count). The fraction of sp³-hybridized carbons (Fsp3) is 0.111. The van der Waals surface area contributed by atoms with E-state index in [1.54, 1.807) is 16.8 Å². The number of nitrogens with zero attached hydrogens (tertiary/aromatic N) is 4. The van der Waals surface area contributed by atoms with Crippen LogP contribution in [0, 0.1) is 18.3 Å². The van der Waals surface area contributed by atoms with Crippen LogP contribution in [0.1, 0.15) is 18.2 Å². The Hall–Kier alpha value is -3.46. The van der Waals surface area contributed by atoms with Gasteiger partial charge in [-0.15, -0.1) is 5.10 Å². The van der Waals surface area contributed by atoms with Gasteiger partial charge < -0.3 is 5.32 Å². The third kappa shape index (κ3) is 3.01. The highest BCUT2D eigenvalue weighted by molar-refractivity contribution is 5.89. The maximum atomic E-state index is 11.2. The number of hydrogen-bond acceptors (Lipinski definition) is 4. The van der Waals surface area contributed by atoms with Gasteiger partial charge in [-0.3, -0.25) is 4.79 Å². The molecule has 0 aliphatic rings. The van der Waals surface area contributed by atoms with E-state index < -0.39 is 0 Å². The monoisotopic (exact) mass is 317 g/mol. The van der Waals surface area contributed by atoms with Crippen LogP contribution in [0.25, 0.3) is 16.9 Å². The van der Waals surface area contributed by atoms with E-state index in [1.807, 2.05) is 43.3 Å². The lowest BCUT2D eigenvalue weighted by Gasteiger charge is -2.09. The number of nitriles is 1. The van der Waals surface area contributed by atoms with Gasteiger partial charge in [0.25, 0.3) is 0 Å². The number of carbonyl (C=O) groups excluding carboxylic acids is 1. The lowest BCUT2D eigenvalue weighted by Crippen LogP contribution is -2.07. The number of aryl methyl sites for hydroxylation is 1. The lowest BCUT2D eigenvalue weighted by atomic mass is 10.1. The summed E-state index contributed by atoms with van der Waals surface area (Å²) < 4.78 is 1.61. The minimum Gasteiger partial charge on any atom is -0.326 e. The van der Waals surface area contributed by atoms with E-state index >= 15 is 0 Å². The van der Waals surface area contributed by atoms with Crippen LogP contribution < -0.4 is 5.32 Å². The van der Waals surface area contributed by atoms with Gasteiger partial charge in [-0.25, -0.2) is 4.68 Å². The Labute approximate surface area is 139 Å². The Morgan fingerprint density at radius 1 is 1.21 bits per heavy atom. The number of rotatable bonds is 3. The summed E-state index contributed by atoms with van der Waals surface area (Å²) in [6.45, 7) is 3.44. The van der Waals surface area contributed by atoms with Gasteiger partial charge in [0, 0.05) is 18.2 Å². The molecule has 0 radical (unpaired) electrons. The molecular formula is C18H15N5O. The minimum atomic E-state index is -0.151. The molecule has 3 aromatic rings. The Morgan fingerprint density at radius 2 is 2.00 bits per heavy atom. The molecule has 0 saturated carbocycles. The summed E-state index contributed by atoms with van der Waals surface area (Å²) >= 11 is 0. The molecule has 0 aliphatic heterocycles. The van der Waals surface area contributed by atoms with E-state index in [-0.39, 0.29) is 11.6 Å². The van der Waals surface area contributed by atoms with Crippen molar-refractivity contribution in [3.05, 3.63) is 59.8 Å². The molecule has 0 unspecified atom stereocenters. The molecule has 0 bridgehead atoms. The average molecular weight is 317 g/mol. The lowest BCUT2D eigenvalue weighted by molar-refractivity contribution is -0.114. The molecule has 24 heavy (non-hydrogen) atoms. The van der Waals surface area contributed by atoms with Crippen LogP contribution in [0.2, 0.25) is 0 Å². The second-order valence-electron chi connectivity index (χ2n) is 5.41. The van der Waals surface area contributed by atoms with Crippen LogP contribution in [0.15, 0.2) is 48.5 Å². The van der Waals surface area contributed by atoms with Gasteiger partial charge >= 0.3 is 0 Å². The molecule has 118 valence electrons. The number of anilines is 1. The van der Waals surface area contributed by atoms with Gasteiger partial charge in [0.15, 0.2) is 5.69 Å². The summed E-state index contributed by atoms with van der Waals surface area (Å²) in [4.78, 5) is 11.2. The Bertz CT molecular complexity index is 952. The molecule has 1 heterocycles. The largest absolute Gasteiger partial charge is 0.326 e. The van der Waals surface area contributed by atoms with Crippen molar-refractivity contribution in [3.63, 3.8) is 0 Å². The zero-order valence-corrected chi connectivity index (χ0v) is 13.3. The van der Waals surface area contributed by atoms with E-state index in [0.29, 0.717) is 17.1 Å². The predicted octanol–water partition coefficient (Wildman–Crippen LogP) is 3.07. The molecule has 0 atom stereocenters. The first-order valence-corrected chi connectivity index (χ1v) is 7.39. The zero-order valence-electron chi connectivity index (χ0n) is 13.3. The molecule has 1 amide bonds. The van der Waals surface area contributed by atoms with Crippen LogP contribution in [0.4, 0.5) is 5.69 Å². The van der Waals surface area contributed by atoms with Gasteiger partial charge in [0.2, 0.25) is 5.91 Å². The van der Waals surface area contributed by atoms with Gasteiger partial charge in [-0.05, 0) is 31.2 Å². The van der Waals surface area contributed by atoms with Crippen molar-refractivity contribution < 1.29 is 4.79 Å². The molecule has 1 N–H and O–H groups in total. The molecule has 2 aromatic carbocycles. The number of nitrogens with one attached hydrogen (secondary N) is 1. The smallest absolute Gasteiger partial charge is 0.221 e. The SMILES string of the molecule is CC(=O)Nc1cccc(-n2nnc(C#N)c2-c2cccc(C)c2)c1. The van der Waals surface area contributed by atoms with Crippen LogP contribution in [0.3, 0.4) is 0 Å². The summed E-state index contributed by atoms with van der Waals surface area (Å²) in [6, 6.07) is 17.1. The van der Waals surface area contributed by atoms with Crippen LogP contribution in [0.5, 0.6) is 0 Å². The van der Waals surface area contributed by atoms with Crippen LogP contribution >= 0.6 is 0 Å². The molecule has 0 spiro atoms. The fourth-order valence-electron chi connectivity index (χ4n) is 2.51. The van der Waals surface area contributed by atoms with Gasteiger partial charge in [0.05, 0.1) is 5.69 Å². The molecule has 1 aromatic heterocycles. The van der Waals surface area contributed by atoms with E-state index in [9.17, 15) is 10.1 Å². The summed E-state index contributed by atoms with van der Waals surface area (Å²) in [5.74, 6) is -0.151. The predicted molar refractivity (Wildman–Crippen MR) is 90.6 cm³/mol. The van der Waals surface area contributed by atoms with Gasteiger partial charge in [-0.2, -0.15) is 5.26 Å². The van der Waals surface area contributed by atoms with Gasteiger partial charge in [-0.1, -0.05) is 35.0 Å². The normalized spacial score (nSPS) is 10.2. The van der Waals surface area contributed by atoms with Crippen molar-refractivity contribution in [1.29, 1.82) is 5.26 Å². The van der Waals surface area contributed by atoms with Crippen LogP contribution in [-0.4, -0.2) is 20.9 Å². The van der Waals surface area contributed by atoms with E-state index in [4.69, 9.17) is 0 Å². The maximum Gasteiger partial charge on any atom is 0.221 e. The van der Waals surface area contributed by atoms with Gasteiger partial charge in [0.1, 0.15) is 11.8 Å². The Balaban J connectivity index is 2.15. The van der Waals surface area contributed by atoms with E-state index in [2.05, 4.69) is 21.7 Å². The van der Waals surface area contributed by atoms with Crippen molar-refractivity contribution in [1.82, 2.24) is 15.0 Å². The second-order valence-corrected chi connectivity index (χ2v) is 5.41. The summed E-state index contributed by atoms with van der Waals surface area (Å²) in [7, 11) is 0. The first-order chi connectivity index (χ1) is 11.6. The Kier molecular flexibility index (Phi) is 4.08. The van der Waals surface area contributed by atoms with Crippen molar-refractivity contribution in [2.75, 3.05) is 5.32 Å². The summed E-state index contributed by atoms with van der Waals surface area (Å²) in [5.41, 5.74) is 4.19. The van der Waals surface area contributed by atoms with E-state index in [1.165, 1.54) is 6.92 Å². The molecule has 6 nitrogen and oxygen atoms in total. The third-order valence-corrected chi connectivity index (χ3v) is 3.48. The quantitative estimate of drug-likeness (QED) is 0.804. The number of benzene rings is 2. The number of carbonyl (C=O) groups is 1. The molecular weight excluding hydrogens is 302 g/mol. The highest BCUT2D eigenvalue weighted by atomic mass is 16.1. The summed E-state index contributed by atoms with van der Waals surface area (Å²) in [5, 5.41) is 20.2. The van der Waals surface area contributed by atoms with E-state index in [0.717, 1.165) is 11.1 Å². The first kappa shape index (κ1) is 15.4. The average Bonchev–Trinajstić information content (AvgIpc) is 2.98. The second kappa shape index (κ2) is 6.34. The maximum absolute atomic E-state index is 11.2. The molecule has 0 fully saturated rings.